The van der Waals surface area contributed by atoms with E-state index in [9.17, 15) is 9.18 Å². The summed E-state index contributed by atoms with van der Waals surface area (Å²) in [5, 5.41) is 3.56. The normalized spacial score (nSPS) is 21.4. The van der Waals surface area contributed by atoms with Crippen LogP contribution in [0.3, 0.4) is 0 Å². The van der Waals surface area contributed by atoms with Gasteiger partial charge in [-0.1, -0.05) is 36.4 Å². The molecule has 0 atom stereocenters. The molecule has 2 aromatic carbocycles. The highest BCUT2D eigenvalue weighted by atomic mass is 19.1. The van der Waals surface area contributed by atoms with Crippen LogP contribution >= 0.6 is 0 Å². The number of hydrogen-bond acceptors (Lipinski definition) is 3. The van der Waals surface area contributed by atoms with E-state index in [1.54, 1.807) is 6.07 Å². The molecule has 1 saturated heterocycles. The van der Waals surface area contributed by atoms with Crippen molar-refractivity contribution < 1.29 is 9.18 Å². The molecule has 0 saturated carbocycles. The van der Waals surface area contributed by atoms with Crippen molar-refractivity contribution in [1.82, 2.24) is 10.2 Å². The highest BCUT2D eigenvalue weighted by molar-refractivity contribution is 6.11. The lowest BCUT2D eigenvalue weighted by Gasteiger charge is -2.46. The van der Waals surface area contributed by atoms with Crippen LogP contribution in [0, 0.1) is 5.82 Å². The van der Waals surface area contributed by atoms with E-state index in [0.717, 1.165) is 63.1 Å². The second kappa shape index (κ2) is 7.30. The van der Waals surface area contributed by atoms with Gasteiger partial charge in [-0.05, 0) is 49.4 Å². The molecule has 0 bridgehead atoms. The van der Waals surface area contributed by atoms with Crippen LogP contribution in [-0.4, -0.2) is 36.0 Å². The zero-order valence-electron chi connectivity index (χ0n) is 16.5. The van der Waals surface area contributed by atoms with Crippen molar-refractivity contribution in [2.24, 2.45) is 0 Å². The Morgan fingerprint density at radius 3 is 2.59 bits per heavy atom. The largest absolute Gasteiger partial charge is 0.386 e. The molecule has 1 N–H and O–H groups in total. The van der Waals surface area contributed by atoms with E-state index in [1.165, 1.54) is 17.7 Å². The van der Waals surface area contributed by atoms with Crippen molar-refractivity contribution in [2.75, 3.05) is 24.5 Å². The third kappa shape index (κ3) is 3.14. The Balaban J connectivity index is 1.45. The fourth-order valence-electron chi connectivity index (χ4n) is 5.19. The van der Waals surface area contributed by atoms with Crippen LogP contribution in [0.1, 0.15) is 31.2 Å². The predicted molar refractivity (Wildman–Crippen MR) is 112 cm³/mol. The molecule has 150 valence electrons. The number of carbonyl (C=O) groups is 1. The van der Waals surface area contributed by atoms with Gasteiger partial charge in [-0.2, -0.15) is 0 Å². The Morgan fingerprint density at radius 1 is 1.03 bits per heavy atom. The Kier molecular flexibility index (Phi) is 4.63. The summed E-state index contributed by atoms with van der Waals surface area (Å²) in [6.45, 7) is 3.64. The summed E-state index contributed by atoms with van der Waals surface area (Å²) in [6.07, 6.45) is 3.49. The standard InChI is InChI=1S/C24H26FN3O/c25-19-8-4-9-20(16-19)28-23(29)21-10-5-13-26-22(21)24(28)11-14-27(15-12-24)17-18-6-2-1-3-7-18/h1-4,6-9,16,26H,5,10-15,17H2. The third-order valence-electron chi connectivity index (χ3n) is 6.56. The van der Waals surface area contributed by atoms with Crippen LogP contribution in [0.2, 0.25) is 0 Å². The SMILES string of the molecule is O=C1C2=C(NCCC2)C2(CCN(Cc3ccccc3)CC2)N1c1cccc(F)c1. The Bertz CT molecular complexity index is 948. The van der Waals surface area contributed by atoms with Crippen LogP contribution in [0.15, 0.2) is 65.9 Å². The van der Waals surface area contributed by atoms with Gasteiger partial charge in [0.2, 0.25) is 0 Å². The topological polar surface area (TPSA) is 35.6 Å². The van der Waals surface area contributed by atoms with Gasteiger partial charge in [0.05, 0.1) is 5.54 Å². The number of benzene rings is 2. The van der Waals surface area contributed by atoms with Crippen LogP contribution in [0.5, 0.6) is 0 Å². The average Bonchev–Trinajstić information content (AvgIpc) is 2.99. The molecular formula is C24H26FN3O. The van der Waals surface area contributed by atoms with E-state index in [-0.39, 0.29) is 17.3 Å². The molecule has 3 aliphatic heterocycles. The molecule has 1 amide bonds. The van der Waals surface area contributed by atoms with Crippen molar-refractivity contribution in [3.63, 3.8) is 0 Å². The van der Waals surface area contributed by atoms with E-state index in [4.69, 9.17) is 0 Å². The van der Waals surface area contributed by atoms with Crippen molar-refractivity contribution in [1.29, 1.82) is 0 Å². The number of rotatable bonds is 3. The fourth-order valence-corrected chi connectivity index (χ4v) is 5.19. The first-order chi connectivity index (χ1) is 14.2. The number of halogens is 1. The predicted octanol–water partition coefficient (Wildman–Crippen LogP) is 3.84. The molecule has 5 heteroatoms. The zero-order chi connectivity index (χ0) is 19.8. The van der Waals surface area contributed by atoms with Crippen molar-refractivity contribution in [2.45, 2.75) is 37.8 Å². The first-order valence-electron chi connectivity index (χ1n) is 10.5. The summed E-state index contributed by atoms with van der Waals surface area (Å²) in [4.78, 5) is 17.7. The molecule has 1 spiro atoms. The molecule has 4 nitrogen and oxygen atoms in total. The average molecular weight is 391 g/mol. The van der Waals surface area contributed by atoms with Crippen molar-refractivity contribution in [3.8, 4) is 0 Å². The van der Waals surface area contributed by atoms with Gasteiger partial charge in [0.1, 0.15) is 5.82 Å². The van der Waals surface area contributed by atoms with Gasteiger partial charge in [0, 0.05) is 43.1 Å². The second-order valence-corrected chi connectivity index (χ2v) is 8.30. The third-order valence-corrected chi connectivity index (χ3v) is 6.56. The number of fused-ring (bicyclic) bond motifs is 1. The summed E-state index contributed by atoms with van der Waals surface area (Å²) < 4.78 is 14.0. The molecule has 0 radical (unpaired) electrons. The molecule has 0 unspecified atom stereocenters. The molecule has 0 aliphatic carbocycles. The lowest BCUT2D eigenvalue weighted by atomic mass is 9.82. The molecule has 1 fully saturated rings. The highest BCUT2D eigenvalue weighted by Gasteiger charge is 2.53. The van der Waals surface area contributed by atoms with Gasteiger partial charge < -0.3 is 5.32 Å². The summed E-state index contributed by atoms with van der Waals surface area (Å²) in [7, 11) is 0. The number of nitrogens with one attached hydrogen (secondary N) is 1. The number of hydrogen-bond donors (Lipinski definition) is 1. The number of nitrogens with zero attached hydrogens (tertiary/aromatic N) is 2. The maximum atomic E-state index is 14.0. The minimum Gasteiger partial charge on any atom is -0.386 e. The van der Waals surface area contributed by atoms with E-state index < -0.39 is 0 Å². The maximum Gasteiger partial charge on any atom is 0.256 e. The molecule has 3 aliphatic rings. The molecular weight excluding hydrogens is 365 g/mol. The molecule has 3 heterocycles. The number of amides is 1. The van der Waals surface area contributed by atoms with Gasteiger partial charge in [-0.3, -0.25) is 14.6 Å². The molecule has 29 heavy (non-hydrogen) atoms. The quantitative estimate of drug-likeness (QED) is 0.863. The summed E-state index contributed by atoms with van der Waals surface area (Å²) in [6, 6.07) is 17.0. The lowest BCUT2D eigenvalue weighted by molar-refractivity contribution is -0.115. The number of likely N-dealkylation sites (tertiary alicyclic amines) is 1. The van der Waals surface area contributed by atoms with Gasteiger partial charge >= 0.3 is 0 Å². The minimum absolute atomic E-state index is 0.0503. The summed E-state index contributed by atoms with van der Waals surface area (Å²) in [5.41, 5.74) is 3.59. The van der Waals surface area contributed by atoms with Crippen LogP contribution in [0.25, 0.3) is 0 Å². The van der Waals surface area contributed by atoms with Crippen LogP contribution in [-0.2, 0) is 11.3 Å². The lowest BCUT2D eigenvalue weighted by Crippen LogP contribution is -2.57. The number of carbonyl (C=O) groups excluding carboxylic acids is 1. The minimum atomic E-state index is -0.381. The van der Waals surface area contributed by atoms with Gasteiger partial charge in [-0.25, -0.2) is 4.39 Å². The van der Waals surface area contributed by atoms with E-state index >= 15 is 0 Å². The Morgan fingerprint density at radius 2 is 1.83 bits per heavy atom. The Hall–Kier alpha value is -2.66. The highest BCUT2D eigenvalue weighted by Crippen LogP contribution is 2.46. The summed E-state index contributed by atoms with van der Waals surface area (Å²) in [5.74, 6) is -0.251. The van der Waals surface area contributed by atoms with E-state index in [0.29, 0.717) is 5.69 Å². The van der Waals surface area contributed by atoms with Crippen LogP contribution in [0.4, 0.5) is 10.1 Å². The van der Waals surface area contributed by atoms with E-state index in [1.807, 2.05) is 17.0 Å². The van der Waals surface area contributed by atoms with Crippen molar-refractivity contribution in [3.05, 3.63) is 77.2 Å². The Labute approximate surface area is 171 Å². The maximum absolute atomic E-state index is 14.0. The second-order valence-electron chi connectivity index (χ2n) is 8.30. The first kappa shape index (κ1) is 18.4. The van der Waals surface area contributed by atoms with Crippen LogP contribution < -0.4 is 10.2 Å². The monoisotopic (exact) mass is 391 g/mol. The van der Waals surface area contributed by atoms with Gasteiger partial charge in [-0.15, -0.1) is 0 Å². The molecule has 2 aromatic rings. The number of piperidine rings is 1. The number of anilines is 1. The van der Waals surface area contributed by atoms with E-state index in [2.05, 4.69) is 34.5 Å². The van der Waals surface area contributed by atoms with Crippen molar-refractivity contribution >= 4 is 11.6 Å². The zero-order valence-corrected chi connectivity index (χ0v) is 16.5. The molecule has 5 rings (SSSR count). The molecule has 0 aromatic heterocycles. The van der Waals surface area contributed by atoms with Gasteiger partial charge in [0.25, 0.3) is 5.91 Å². The first-order valence-corrected chi connectivity index (χ1v) is 10.5. The fraction of sp³-hybridized carbons (Fsp3) is 0.375. The smallest absolute Gasteiger partial charge is 0.256 e. The van der Waals surface area contributed by atoms with Gasteiger partial charge in [0.15, 0.2) is 0 Å². The summed E-state index contributed by atoms with van der Waals surface area (Å²) >= 11 is 0.